The van der Waals surface area contributed by atoms with E-state index in [1.807, 2.05) is 0 Å². The van der Waals surface area contributed by atoms with E-state index in [1.165, 1.54) is 24.3 Å². The lowest BCUT2D eigenvalue weighted by Crippen LogP contribution is -1.90. The lowest BCUT2D eigenvalue weighted by Gasteiger charge is -2.00. The van der Waals surface area contributed by atoms with Crippen LogP contribution in [0, 0.1) is 17.0 Å². The van der Waals surface area contributed by atoms with Crippen LogP contribution in [-0.2, 0) is 4.79 Å². The minimum absolute atomic E-state index is 0.0308. The van der Waals surface area contributed by atoms with E-state index in [1.54, 1.807) is 6.92 Å². The highest BCUT2D eigenvalue weighted by Gasteiger charge is 2.13. The Morgan fingerprint density at radius 3 is 2.80 bits per heavy atom. The van der Waals surface area contributed by atoms with Gasteiger partial charge in [0.25, 0.3) is 5.69 Å². The summed E-state index contributed by atoms with van der Waals surface area (Å²) in [7, 11) is 0. The highest BCUT2D eigenvalue weighted by atomic mass is 16.6. The van der Waals surface area contributed by atoms with Crippen molar-refractivity contribution in [1.82, 2.24) is 10.2 Å². The Hall–Kier alpha value is -3.03. The zero-order valence-electron chi connectivity index (χ0n) is 10.3. The lowest BCUT2D eigenvalue weighted by atomic mass is 10.1. The summed E-state index contributed by atoms with van der Waals surface area (Å²) in [6, 6.07) is 4.23. The molecule has 1 N–H and O–H groups in total. The summed E-state index contributed by atoms with van der Waals surface area (Å²) in [4.78, 5) is 20.5. The Morgan fingerprint density at radius 2 is 2.20 bits per heavy atom. The maximum atomic E-state index is 10.6. The zero-order chi connectivity index (χ0) is 14.7. The molecule has 1 heterocycles. The van der Waals surface area contributed by atoms with Crippen molar-refractivity contribution in [3.8, 4) is 11.5 Å². The number of aromatic nitrogens is 2. The second-order valence-electron chi connectivity index (χ2n) is 3.87. The molecule has 1 aromatic carbocycles. The summed E-state index contributed by atoms with van der Waals surface area (Å²) in [5.41, 5.74) is 1.13. The number of nitrogens with zero attached hydrogens (tertiary/aromatic N) is 3. The molecule has 0 saturated heterocycles. The third-order valence-electron chi connectivity index (χ3n) is 2.46. The van der Waals surface area contributed by atoms with E-state index in [0.717, 1.165) is 6.08 Å². The summed E-state index contributed by atoms with van der Waals surface area (Å²) in [5, 5.41) is 26.6. The molecule has 0 aliphatic heterocycles. The van der Waals surface area contributed by atoms with Crippen molar-refractivity contribution in [1.29, 1.82) is 0 Å². The van der Waals surface area contributed by atoms with Gasteiger partial charge in [0.05, 0.1) is 4.92 Å². The number of carbonyl (C=O) groups is 1. The highest BCUT2D eigenvalue weighted by Crippen LogP contribution is 2.25. The molecule has 2 rings (SSSR count). The first-order valence-corrected chi connectivity index (χ1v) is 5.47. The van der Waals surface area contributed by atoms with Gasteiger partial charge >= 0.3 is 5.97 Å². The van der Waals surface area contributed by atoms with Crippen LogP contribution in [0.5, 0.6) is 0 Å². The van der Waals surface area contributed by atoms with Crippen molar-refractivity contribution in [2.45, 2.75) is 6.92 Å². The van der Waals surface area contributed by atoms with E-state index in [-0.39, 0.29) is 17.5 Å². The first-order valence-electron chi connectivity index (χ1n) is 5.47. The third-order valence-corrected chi connectivity index (χ3v) is 2.46. The normalized spacial score (nSPS) is 10.8. The van der Waals surface area contributed by atoms with Crippen LogP contribution in [-0.4, -0.2) is 26.2 Å². The van der Waals surface area contributed by atoms with E-state index in [9.17, 15) is 14.9 Å². The van der Waals surface area contributed by atoms with Crippen LogP contribution in [0.25, 0.3) is 17.5 Å². The van der Waals surface area contributed by atoms with Gasteiger partial charge in [0.1, 0.15) is 0 Å². The number of benzene rings is 1. The van der Waals surface area contributed by atoms with Gasteiger partial charge in [0.15, 0.2) is 0 Å². The fraction of sp³-hybridized carbons (Fsp3) is 0.0833. The van der Waals surface area contributed by atoms with Gasteiger partial charge in [-0.2, -0.15) is 0 Å². The molecule has 2 aromatic rings. The Balaban J connectivity index is 2.33. The topological polar surface area (TPSA) is 119 Å². The molecule has 0 unspecified atom stereocenters. The van der Waals surface area contributed by atoms with Crippen LogP contribution in [0.1, 0.15) is 11.5 Å². The van der Waals surface area contributed by atoms with Crippen LogP contribution in [0.2, 0.25) is 0 Å². The van der Waals surface area contributed by atoms with Crippen molar-refractivity contribution < 1.29 is 19.2 Å². The first kappa shape index (κ1) is 13.4. The van der Waals surface area contributed by atoms with Crippen molar-refractivity contribution in [3.05, 3.63) is 45.8 Å². The van der Waals surface area contributed by atoms with Gasteiger partial charge in [-0.15, -0.1) is 10.2 Å². The molecule has 1 aromatic heterocycles. The Bertz CT molecular complexity index is 705. The van der Waals surface area contributed by atoms with Gasteiger partial charge in [0.2, 0.25) is 11.8 Å². The maximum Gasteiger partial charge on any atom is 0.328 e. The fourth-order valence-corrected chi connectivity index (χ4v) is 1.55. The van der Waals surface area contributed by atoms with Crippen LogP contribution in [0.15, 0.2) is 28.7 Å². The quantitative estimate of drug-likeness (QED) is 0.515. The molecule has 0 aliphatic carbocycles. The number of non-ortho nitro benzene ring substituents is 1. The number of hydrogen-bond donors (Lipinski definition) is 1. The monoisotopic (exact) mass is 275 g/mol. The molecule has 0 bridgehead atoms. The predicted molar refractivity (Wildman–Crippen MR) is 67.8 cm³/mol. The van der Waals surface area contributed by atoms with Gasteiger partial charge in [-0.05, 0) is 18.6 Å². The van der Waals surface area contributed by atoms with E-state index >= 15 is 0 Å². The summed E-state index contributed by atoms with van der Waals surface area (Å²) >= 11 is 0. The van der Waals surface area contributed by atoms with Crippen LogP contribution in [0.3, 0.4) is 0 Å². The van der Waals surface area contributed by atoms with E-state index in [0.29, 0.717) is 11.1 Å². The molecule has 0 saturated carbocycles. The number of carboxylic acid groups (broad SMARTS) is 1. The number of aliphatic carboxylic acids is 1. The Labute approximate surface area is 112 Å². The van der Waals surface area contributed by atoms with Crippen molar-refractivity contribution in [2.24, 2.45) is 0 Å². The predicted octanol–water partition coefficient (Wildman–Crippen LogP) is 2.05. The van der Waals surface area contributed by atoms with Crippen molar-refractivity contribution >= 4 is 17.7 Å². The number of hydrogen-bond acceptors (Lipinski definition) is 6. The molecule has 0 amide bonds. The molecule has 0 fully saturated rings. The number of nitro benzene ring substituents is 1. The van der Waals surface area contributed by atoms with Crippen molar-refractivity contribution in [3.63, 3.8) is 0 Å². The number of aryl methyl sites for hydroxylation is 1. The standard InChI is InChI=1S/C12H9N3O5/c1-7-6-8(15(18)19)2-3-9(7)12-14-13-10(20-12)4-5-11(16)17/h2-6H,1H3,(H,16,17)/b5-4+. The van der Waals surface area contributed by atoms with Crippen LogP contribution >= 0.6 is 0 Å². The molecule has 8 heteroatoms. The molecule has 20 heavy (non-hydrogen) atoms. The number of nitro groups is 1. The zero-order valence-corrected chi connectivity index (χ0v) is 10.3. The fourth-order valence-electron chi connectivity index (χ4n) is 1.55. The Kier molecular flexibility index (Phi) is 3.56. The summed E-state index contributed by atoms with van der Waals surface area (Å²) in [5.74, 6) is -0.918. The summed E-state index contributed by atoms with van der Waals surface area (Å²) in [6.45, 7) is 1.68. The van der Waals surface area contributed by atoms with Gasteiger partial charge in [-0.1, -0.05) is 0 Å². The smallest absolute Gasteiger partial charge is 0.328 e. The molecule has 0 spiro atoms. The van der Waals surface area contributed by atoms with E-state index in [4.69, 9.17) is 9.52 Å². The second kappa shape index (κ2) is 5.31. The minimum Gasteiger partial charge on any atom is -0.478 e. The summed E-state index contributed by atoms with van der Waals surface area (Å²) < 4.78 is 5.26. The second-order valence-corrected chi connectivity index (χ2v) is 3.87. The highest BCUT2D eigenvalue weighted by molar-refractivity contribution is 5.84. The number of rotatable bonds is 4. The molecule has 0 atom stereocenters. The average Bonchev–Trinajstić information content (AvgIpc) is 2.84. The summed E-state index contributed by atoms with van der Waals surface area (Å²) in [6.07, 6.45) is 2.04. The first-order chi connectivity index (χ1) is 9.47. The lowest BCUT2D eigenvalue weighted by molar-refractivity contribution is -0.384. The van der Waals surface area contributed by atoms with Crippen LogP contribution in [0.4, 0.5) is 5.69 Å². The average molecular weight is 275 g/mol. The molecule has 0 aliphatic rings. The molecule has 0 radical (unpaired) electrons. The Morgan fingerprint density at radius 1 is 1.45 bits per heavy atom. The molecular formula is C12H9N3O5. The van der Waals surface area contributed by atoms with Gasteiger partial charge in [-0.25, -0.2) is 4.79 Å². The van der Waals surface area contributed by atoms with Crippen molar-refractivity contribution in [2.75, 3.05) is 0 Å². The molecule has 102 valence electrons. The minimum atomic E-state index is -1.13. The number of carboxylic acids is 1. The van der Waals surface area contributed by atoms with E-state index in [2.05, 4.69) is 10.2 Å². The van der Waals surface area contributed by atoms with Crippen LogP contribution < -0.4 is 0 Å². The van der Waals surface area contributed by atoms with Gasteiger partial charge in [0, 0.05) is 29.8 Å². The SMILES string of the molecule is Cc1cc([N+](=O)[O-])ccc1-c1nnc(/C=C/C(=O)O)o1. The largest absolute Gasteiger partial charge is 0.478 e. The maximum absolute atomic E-state index is 10.6. The van der Waals surface area contributed by atoms with E-state index < -0.39 is 10.9 Å². The van der Waals surface area contributed by atoms with Gasteiger partial charge < -0.3 is 9.52 Å². The molecule has 8 nitrogen and oxygen atoms in total. The molecular weight excluding hydrogens is 266 g/mol. The van der Waals surface area contributed by atoms with Gasteiger partial charge in [-0.3, -0.25) is 10.1 Å². The third kappa shape index (κ3) is 2.86.